The summed E-state index contributed by atoms with van der Waals surface area (Å²) < 4.78 is 15.8. The maximum atomic E-state index is 13.9. The molecule has 3 rings (SSSR count). The van der Waals surface area contributed by atoms with Crippen LogP contribution in [0.2, 0.25) is 0 Å². The van der Waals surface area contributed by atoms with Crippen molar-refractivity contribution in [3.8, 4) is 5.69 Å². The molecule has 2 aromatic rings. The molecule has 1 N–H and O–H groups in total. The van der Waals surface area contributed by atoms with E-state index in [2.05, 4.69) is 13.8 Å². The summed E-state index contributed by atoms with van der Waals surface area (Å²) in [4.78, 5) is 0. The van der Waals surface area contributed by atoms with Gasteiger partial charge in [-0.2, -0.15) is 0 Å². The molecule has 1 aromatic heterocycles. The number of hydrogen-bond donors (Lipinski definition) is 1. The molecule has 1 atom stereocenters. The predicted octanol–water partition coefficient (Wildman–Crippen LogP) is 3.62. The quantitative estimate of drug-likeness (QED) is 0.831. The molecular weight excluding hydrogens is 241 g/mol. The van der Waals surface area contributed by atoms with Gasteiger partial charge in [0.25, 0.3) is 0 Å². The lowest BCUT2D eigenvalue weighted by Gasteiger charge is -2.34. The topological polar surface area (TPSA) is 25.2 Å². The molecule has 0 saturated carbocycles. The van der Waals surface area contributed by atoms with Crippen LogP contribution in [0.4, 0.5) is 4.39 Å². The van der Waals surface area contributed by atoms with Gasteiger partial charge in [0.15, 0.2) is 0 Å². The van der Waals surface area contributed by atoms with Crippen molar-refractivity contribution in [2.24, 2.45) is 5.41 Å². The van der Waals surface area contributed by atoms with E-state index in [1.54, 1.807) is 12.1 Å². The molecule has 1 aromatic carbocycles. The van der Waals surface area contributed by atoms with E-state index in [-0.39, 0.29) is 11.2 Å². The Morgan fingerprint density at radius 3 is 2.74 bits per heavy atom. The molecule has 0 amide bonds. The number of para-hydroxylation sites is 1. The van der Waals surface area contributed by atoms with Gasteiger partial charge in [-0.1, -0.05) is 26.0 Å². The van der Waals surface area contributed by atoms with Crippen molar-refractivity contribution in [3.05, 3.63) is 53.6 Å². The second-order valence-electron chi connectivity index (χ2n) is 6.10. The van der Waals surface area contributed by atoms with E-state index in [9.17, 15) is 9.50 Å². The Morgan fingerprint density at radius 1 is 1.26 bits per heavy atom. The summed E-state index contributed by atoms with van der Waals surface area (Å²) in [5.41, 5.74) is 2.54. The molecule has 0 aliphatic heterocycles. The van der Waals surface area contributed by atoms with Gasteiger partial charge in [0.05, 0.1) is 11.8 Å². The van der Waals surface area contributed by atoms with Gasteiger partial charge in [0, 0.05) is 17.5 Å². The van der Waals surface area contributed by atoms with Crippen LogP contribution in [0.15, 0.2) is 36.5 Å². The van der Waals surface area contributed by atoms with Crippen molar-refractivity contribution in [3.63, 3.8) is 0 Å². The van der Waals surface area contributed by atoms with Gasteiger partial charge in [-0.15, -0.1) is 0 Å². The van der Waals surface area contributed by atoms with Gasteiger partial charge < -0.3 is 9.67 Å². The van der Waals surface area contributed by atoms with E-state index in [0.717, 1.165) is 24.1 Å². The van der Waals surface area contributed by atoms with Crippen LogP contribution in [0.3, 0.4) is 0 Å². The highest BCUT2D eigenvalue weighted by Crippen LogP contribution is 2.41. The van der Waals surface area contributed by atoms with Gasteiger partial charge in [0.2, 0.25) is 0 Å². The molecule has 19 heavy (non-hydrogen) atoms. The Hall–Kier alpha value is -1.61. The van der Waals surface area contributed by atoms with Gasteiger partial charge in [0.1, 0.15) is 5.82 Å². The van der Waals surface area contributed by atoms with Crippen LogP contribution in [-0.4, -0.2) is 9.67 Å². The van der Waals surface area contributed by atoms with Gasteiger partial charge in [-0.05, 0) is 36.5 Å². The Morgan fingerprint density at radius 2 is 2.00 bits per heavy atom. The molecule has 0 bridgehead atoms. The number of nitrogens with zero attached hydrogens (tertiary/aromatic N) is 1. The molecular formula is C16H18FNO. The predicted molar refractivity (Wildman–Crippen MR) is 72.8 cm³/mol. The number of rotatable bonds is 1. The first-order chi connectivity index (χ1) is 8.98. The Bertz CT molecular complexity index is 615. The van der Waals surface area contributed by atoms with Crippen molar-refractivity contribution in [1.29, 1.82) is 0 Å². The van der Waals surface area contributed by atoms with E-state index < -0.39 is 6.10 Å². The van der Waals surface area contributed by atoms with Gasteiger partial charge in [-0.3, -0.25) is 0 Å². The molecule has 0 radical (unpaired) electrons. The van der Waals surface area contributed by atoms with Crippen molar-refractivity contribution >= 4 is 0 Å². The Labute approximate surface area is 112 Å². The molecule has 1 aliphatic carbocycles. The monoisotopic (exact) mass is 259 g/mol. The summed E-state index contributed by atoms with van der Waals surface area (Å²) >= 11 is 0. The average Bonchev–Trinajstić information content (AvgIpc) is 2.72. The molecule has 100 valence electrons. The summed E-state index contributed by atoms with van der Waals surface area (Å²) in [6.07, 6.45) is 3.00. The number of halogens is 1. The fraction of sp³-hybridized carbons (Fsp3) is 0.375. The standard InChI is InChI=1S/C16H18FNO/c1-16(2)9-14-11(15(19)10-16)7-8-18(14)13-6-4-3-5-12(13)17/h3-8,15,19H,9-10H2,1-2H3. The fourth-order valence-corrected chi connectivity index (χ4v) is 3.00. The van der Waals surface area contributed by atoms with Crippen LogP contribution in [-0.2, 0) is 6.42 Å². The number of hydrogen-bond acceptors (Lipinski definition) is 1. The number of aromatic nitrogens is 1. The highest BCUT2D eigenvalue weighted by Gasteiger charge is 2.33. The highest BCUT2D eigenvalue weighted by molar-refractivity contribution is 5.41. The lowest BCUT2D eigenvalue weighted by Crippen LogP contribution is -2.26. The first-order valence-electron chi connectivity index (χ1n) is 6.61. The summed E-state index contributed by atoms with van der Waals surface area (Å²) in [7, 11) is 0. The van der Waals surface area contributed by atoms with Crippen LogP contribution in [0.25, 0.3) is 5.69 Å². The maximum Gasteiger partial charge on any atom is 0.147 e. The Balaban J connectivity index is 2.14. The summed E-state index contributed by atoms with van der Waals surface area (Å²) in [5.74, 6) is -0.237. The lowest BCUT2D eigenvalue weighted by atomic mass is 9.75. The SMILES string of the molecule is CC1(C)Cc2c(ccn2-c2ccccc2F)C(O)C1. The van der Waals surface area contributed by atoms with Crippen molar-refractivity contribution in [1.82, 2.24) is 4.57 Å². The van der Waals surface area contributed by atoms with Crippen LogP contribution in [0.5, 0.6) is 0 Å². The molecule has 1 aliphatic rings. The minimum atomic E-state index is -0.452. The van der Waals surface area contributed by atoms with E-state index >= 15 is 0 Å². The van der Waals surface area contributed by atoms with Crippen molar-refractivity contribution in [2.75, 3.05) is 0 Å². The second-order valence-corrected chi connectivity index (χ2v) is 6.10. The summed E-state index contributed by atoms with van der Waals surface area (Å²) in [5, 5.41) is 10.2. The van der Waals surface area contributed by atoms with E-state index in [1.165, 1.54) is 6.07 Å². The van der Waals surface area contributed by atoms with Crippen LogP contribution >= 0.6 is 0 Å². The molecule has 1 unspecified atom stereocenters. The van der Waals surface area contributed by atoms with E-state index in [1.807, 2.05) is 22.9 Å². The normalized spacial score (nSPS) is 21.2. The molecule has 3 heteroatoms. The van der Waals surface area contributed by atoms with Gasteiger partial charge >= 0.3 is 0 Å². The summed E-state index contributed by atoms with van der Waals surface area (Å²) in [6.45, 7) is 4.27. The van der Waals surface area contributed by atoms with Crippen LogP contribution in [0.1, 0.15) is 37.6 Å². The molecule has 0 fully saturated rings. The average molecular weight is 259 g/mol. The third-order valence-electron chi connectivity index (χ3n) is 3.89. The van der Waals surface area contributed by atoms with Crippen molar-refractivity contribution in [2.45, 2.75) is 32.8 Å². The lowest BCUT2D eigenvalue weighted by molar-refractivity contribution is 0.0986. The largest absolute Gasteiger partial charge is 0.388 e. The number of fused-ring (bicyclic) bond motifs is 1. The minimum Gasteiger partial charge on any atom is -0.388 e. The molecule has 0 saturated heterocycles. The zero-order chi connectivity index (χ0) is 13.6. The smallest absolute Gasteiger partial charge is 0.147 e. The molecule has 2 nitrogen and oxygen atoms in total. The third-order valence-corrected chi connectivity index (χ3v) is 3.89. The van der Waals surface area contributed by atoms with E-state index in [4.69, 9.17) is 0 Å². The highest BCUT2D eigenvalue weighted by atomic mass is 19.1. The maximum absolute atomic E-state index is 13.9. The third kappa shape index (κ3) is 2.08. The van der Waals surface area contributed by atoms with Crippen LogP contribution in [0, 0.1) is 11.2 Å². The van der Waals surface area contributed by atoms with Crippen molar-refractivity contribution < 1.29 is 9.50 Å². The number of aliphatic hydroxyl groups excluding tert-OH is 1. The minimum absolute atomic E-state index is 0.0355. The first-order valence-corrected chi connectivity index (χ1v) is 6.61. The second kappa shape index (κ2) is 4.20. The summed E-state index contributed by atoms with van der Waals surface area (Å²) in [6, 6.07) is 8.65. The zero-order valence-electron chi connectivity index (χ0n) is 11.2. The number of benzene rings is 1. The Kier molecular flexibility index (Phi) is 2.75. The fourth-order valence-electron chi connectivity index (χ4n) is 3.00. The van der Waals surface area contributed by atoms with Crippen LogP contribution < -0.4 is 0 Å². The molecule has 1 heterocycles. The zero-order valence-corrected chi connectivity index (χ0v) is 11.2. The van der Waals surface area contributed by atoms with Gasteiger partial charge in [-0.25, -0.2) is 4.39 Å². The first kappa shape index (κ1) is 12.4. The number of aliphatic hydroxyl groups is 1. The van der Waals surface area contributed by atoms with E-state index in [0.29, 0.717) is 5.69 Å². The molecule has 0 spiro atoms.